The maximum atomic E-state index is 12.0. The molecule has 126 valence electrons. The van der Waals surface area contributed by atoms with E-state index in [0.29, 0.717) is 11.0 Å². The maximum absolute atomic E-state index is 12.0. The molecular formula is C16H12N4O5. The van der Waals surface area contributed by atoms with Crippen LogP contribution in [-0.4, -0.2) is 38.3 Å². The molecule has 3 aromatic rings. The van der Waals surface area contributed by atoms with E-state index in [1.165, 1.54) is 28.9 Å². The van der Waals surface area contributed by atoms with Crippen molar-refractivity contribution < 1.29 is 19.2 Å². The Balaban J connectivity index is 1.58. The summed E-state index contributed by atoms with van der Waals surface area (Å²) in [6, 6.07) is 12.2. The van der Waals surface area contributed by atoms with Gasteiger partial charge in [0.25, 0.3) is 5.69 Å². The summed E-state index contributed by atoms with van der Waals surface area (Å²) < 4.78 is 6.33. The third-order valence-corrected chi connectivity index (χ3v) is 3.46. The van der Waals surface area contributed by atoms with E-state index < -0.39 is 23.3 Å². The number of ether oxygens (including phenoxy) is 1. The highest BCUT2D eigenvalue weighted by Gasteiger charge is 2.14. The zero-order chi connectivity index (χ0) is 17.8. The molecule has 1 heterocycles. The Bertz CT molecular complexity index is 949. The molecule has 0 spiro atoms. The van der Waals surface area contributed by atoms with Gasteiger partial charge in [0.05, 0.1) is 10.4 Å². The number of nitrogens with zero attached hydrogens (tertiary/aromatic N) is 4. The highest BCUT2D eigenvalue weighted by Crippen LogP contribution is 2.13. The molecule has 0 amide bonds. The molecule has 0 saturated carbocycles. The SMILES string of the molecule is O=C(Cn1nnc2ccccc21)OCC(=O)c1ccc([N+](=O)[O-])cc1. The minimum Gasteiger partial charge on any atom is -0.456 e. The zero-order valence-corrected chi connectivity index (χ0v) is 12.9. The molecule has 0 aliphatic heterocycles. The summed E-state index contributed by atoms with van der Waals surface area (Å²) >= 11 is 0. The van der Waals surface area contributed by atoms with Gasteiger partial charge < -0.3 is 4.74 Å². The molecule has 0 radical (unpaired) electrons. The predicted octanol–water partition coefficient (Wildman–Crippen LogP) is 1.77. The molecule has 0 aliphatic carbocycles. The predicted molar refractivity (Wildman–Crippen MR) is 85.9 cm³/mol. The first-order valence-electron chi connectivity index (χ1n) is 7.26. The summed E-state index contributed by atoms with van der Waals surface area (Å²) in [5, 5.41) is 18.4. The molecular weight excluding hydrogens is 328 g/mol. The fourth-order valence-corrected chi connectivity index (χ4v) is 2.20. The second kappa shape index (κ2) is 6.87. The molecule has 0 fully saturated rings. The van der Waals surface area contributed by atoms with Crippen LogP contribution in [0.5, 0.6) is 0 Å². The van der Waals surface area contributed by atoms with Crippen molar-refractivity contribution in [2.45, 2.75) is 6.54 Å². The van der Waals surface area contributed by atoms with Gasteiger partial charge in [-0.15, -0.1) is 5.10 Å². The summed E-state index contributed by atoms with van der Waals surface area (Å²) in [5.74, 6) is -1.09. The summed E-state index contributed by atoms with van der Waals surface area (Å²) in [7, 11) is 0. The largest absolute Gasteiger partial charge is 0.456 e. The normalized spacial score (nSPS) is 10.6. The second-order valence-corrected chi connectivity index (χ2v) is 5.12. The first kappa shape index (κ1) is 16.2. The van der Waals surface area contributed by atoms with Gasteiger partial charge in [-0.2, -0.15) is 0 Å². The van der Waals surface area contributed by atoms with Gasteiger partial charge in [-0.1, -0.05) is 17.3 Å². The fourth-order valence-electron chi connectivity index (χ4n) is 2.20. The van der Waals surface area contributed by atoms with Gasteiger partial charge in [-0.05, 0) is 24.3 Å². The summed E-state index contributed by atoms with van der Waals surface area (Å²) in [6.45, 7) is -0.628. The number of ketones is 1. The first-order valence-corrected chi connectivity index (χ1v) is 7.26. The molecule has 0 atom stereocenters. The zero-order valence-electron chi connectivity index (χ0n) is 12.9. The number of non-ortho nitro benzene ring substituents is 1. The highest BCUT2D eigenvalue weighted by molar-refractivity contribution is 5.98. The lowest BCUT2D eigenvalue weighted by Gasteiger charge is -2.05. The molecule has 9 heteroatoms. The van der Waals surface area contributed by atoms with Gasteiger partial charge in [0.1, 0.15) is 12.1 Å². The average Bonchev–Trinajstić information content (AvgIpc) is 3.03. The monoisotopic (exact) mass is 340 g/mol. The number of para-hydroxylation sites is 1. The number of benzene rings is 2. The molecule has 0 aliphatic rings. The first-order chi connectivity index (χ1) is 12.0. The van der Waals surface area contributed by atoms with Crippen LogP contribution in [0.4, 0.5) is 5.69 Å². The highest BCUT2D eigenvalue weighted by atomic mass is 16.6. The van der Waals surface area contributed by atoms with Crippen molar-refractivity contribution in [1.82, 2.24) is 15.0 Å². The second-order valence-electron chi connectivity index (χ2n) is 5.12. The molecule has 3 rings (SSSR count). The number of nitro groups is 1. The van der Waals surface area contributed by atoms with Crippen molar-refractivity contribution in [1.29, 1.82) is 0 Å². The summed E-state index contributed by atoms with van der Waals surface area (Å²) in [6.07, 6.45) is 0. The average molecular weight is 340 g/mol. The van der Waals surface area contributed by atoms with Crippen LogP contribution in [0.25, 0.3) is 11.0 Å². The van der Waals surface area contributed by atoms with E-state index in [2.05, 4.69) is 10.3 Å². The molecule has 0 saturated heterocycles. The molecule has 0 N–H and O–H groups in total. The van der Waals surface area contributed by atoms with Crippen molar-refractivity contribution in [3.8, 4) is 0 Å². The van der Waals surface area contributed by atoms with Gasteiger partial charge >= 0.3 is 5.97 Å². The number of hydrogen-bond donors (Lipinski definition) is 0. The smallest absolute Gasteiger partial charge is 0.328 e. The number of nitro benzene ring substituents is 1. The van der Waals surface area contributed by atoms with Crippen molar-refractivity contribution in [2.24, 2.45) is 0 Å². The van der Waals surface area contributed by atoms with Gasteiger partial charge in [-0.3, -0.25) is 19.7 Å². The molecule has 0 unspecified atom stereocenters. The number of Topliss-reactive ketones (excluding diaryl/α,β-unsaturated/α-hetero) is 1. The minimum absolute atomic E-state index is 0.119. The quantitative estimate of drug-likeness (QED) is 0.290. The molecule has 2 aromatic carbocycles. The number of hydrogen-bond acceptors (Lipinski definition) is 7. The van der Waals surface area contributed by atoms with Gasteiger partial charge in [0, 0.05) is 17.7 Å². The molecule has 9 nitrogen and oxygen atoms in total. The van der Waals surface area contributed by atoms with Gasteiger partial charge in [-0.25, -0.2) is 4.68 Å². The van der Waals surface area contributed by atoms with Crippen LogP contribution < -0.4 is 0 Å². The maximum Gasteiger partial charge on any atom is 0.328 e. The summed E-state index contributed by atoms with van der Waals surface area (Å²) in [4.78, 5) is 33.9. The van der Waals surface area contributed by atoms with Crippen molar-refractivity contribution in [3.05, 3.63) is 64.2 Å². The van der Waals surface area contributed by atoms with Crippen LogP contribution >= 0.6 is 0 Å². The van der Waals surface area contributed by atoms with E-state index in [1.807, 2.05) is 6.07 Å². The number of rotatable bonds is 6. The summed E-state index contributed by atoms with van der Waals surface area (Å²) in [5.41, 5.74) is 1.44. The Hall–Kier alpha value is -3.62. The van der Waals surface area contributed by atoms with Crippen LogP contribution in [0.2, 0.25) is 0 Å². The van der Waals surface area contributed by atoms with E-state index in [1.54, 1.807) is 18.2 Å². The Morgan fingerprint density at radius 3 is 2.56 bits per heavy atom. The van der Waals surface area contributed by atoms with Crippen LogP contribution in [0.3, 0.4) is 0 Å². The number of carbonyl (C=O) groups is 2. The van der Waals surface area contributed by atoms with Crippen molar-refractivity contribution in [3.63, 3.8) is 0 Å². The van der Waals surface area contributed by atoms with E-state index in [0.717, 1.165) is 0 Å². The van der Waals surface area contributed by atoms with Crippen LogP contribution in [0.1, 0.15) is 10.4 Å². The van der Waals surface area contributed by atoms with Crippen molar-refractivity contribution in [2.75, 3.05) is 6.61 Å². The molecule has 0 bridgehead atoms. The molecule has 25 heavy (non-hydrogen) atoms. The third kappa shape index (κ3) is 3.66. The Morgan fingerprint density at radius 1 is 1.12 bits per heavy atom. The van der Waals surface area contributed by atoms with E-state index in [9.17, 15) is 19.7 Å². The van der Waals surface area contributed by atoms with E-state index in [-0.39, 0.29) is 17.8 Å². The van der Waals surface area contributed by atoms with Gasteiger partial charge in [0.2, 0.25) is 0 Å². The van der Waals surface area contributed by atoms with Crippen molar-refractivity contribution >= 4 is 28.5 Å². The number of aromatic nitrogens is 3. The lowest BCUT2D eigenvalue weighted by Crippen LogP contribution is -2.19. The number of carbonyl (C=O) groups excluding carboxylic acids is 2. The Labute approximate surface area is 141 Å². The Morgan fingerprint density at radius 2 is 1.84 bits per heavy atom. The third-order valence-electron chi connectivity index (χ3n) is 3.46. The van der Waals surface area contributed by atoms with E-state index >= 15 is 0 Å². The Kier molecular flexibility index (Phi) is 4.46. The van der Waals surface area contributed by atoms with Crippen LogP contribution in [-0.2, 0) is 16.1 Å². The fraction of sp³-hybridized carbons (Fsp3) is 0.125. The topological polar surface area (TPSA) is 117 Å². The van der Waals surface area contributed by atoms with Crippen LogP contribution in [0, 0.1) is 10.1 Å². The number of fused-ring (bicyclic) bond motifs is 1. The minimum atomic E-state index is -0.633. The standard InChI is InChI=1S/C16H12N4O5/c21-15(11-5-7-12(8-6-11)20(23)24)10-25-16(22)9-19-14-4-2-1-3-13(14)17-18-19/h1-8H,9-10H2. The van der Waals surface area contributed by atoms with Crippen LogP contribution in [0.15, 0.2) is 48.5 Å². The number of esters is 1. The lowest BCUT2D eigenvalue weighted by molar-refractivity contribution is -0.384. The van der Waals surface area contributed by atoms with E-state index in [4.69, 9.17) is 4.74 Å². The van der Waals surface area contributed by atoms with Gasteiger partial charge in [0.15, 0.2) is 12.4 Å². The molecule has 1 aromatic heterocycles. The lowest BCUT2D eigenvalue weighted by atomic mass is 10.1.